The van der Waals surface area contributed by atoms with Crippen LogP contribution in [0.25, 0.3) is 10.8 Å². The molecule has 4 rings (SSSR count). The number of rotatable bonds is 5. The summed E-state index contributed by atoms with van der Waals surface area (Å²) in [4.78, 5) is 14.7. The van der Waals surface area contributed by atoms with E-state index < -0.39 is 0 Å². The molecule has 4 heteroatoms. The second kappa shape index (κ2) is 7.08. The van der Waals surface area contributed by atoms with Gasteiger partial charge in [0.2, 0.25) is 12.7 Å². The van der Waals surface area contributed by atoms with E-state index in [-0.39, 0.29) is 12.7 Å². The molecule has 0 aliphatic carbocycles. The number of benzene rings is 3. The van der Waals surface area contributed by atoms with E-state index in [0.29, 0.717) is 19.5 Å². The molecule has 3 aromatic rings. The lowest BCUT2D eigenvalue weighted by Crippen LogP contribution is -2.31. The van der Waals surface area contributed by atoms with Gasteiger partial charge in [-0.1, -0.05) is 48.5 Å². The molecule has 0 aromatic heterocycles. The van der Waals surface area contributed by atoms with Crippen LogP contribution in [0, 0.1) is 0 Å². The van der Waals surface area contributed by atoms with Crippen molar-refractivity contribution in [3.8, 4) is 11.5 Å². The Morgan fingerprint density at radius 1 is 0.923 bits per heavy atom. The minimum atomic E-state index is 0.125. The van der Waals surface area contributed by atoms with Gasteiger partial charge in [-0.05, 0) is 41.0 Å². The lowest BCUT2D eigenvalue weighted by molar-refractivity contribution is -0.130. The van der Waals surface area contributed by atoms with Crippen LogP contribution in [0.4, 0.5) is 0 Å². The Labute approximate surface area is 153 Å². The maximum Gasteiger partial charge on any atom is 0.231 e. The number of ether oxygens (including phenoxy) is 2. The molecule has 1 heterocycles. The van der Waals surface area contributed by atoms with Crippen molar-refractivity contribution in [2.75, 3.05) is 13.3 Å². The normalized spacial score (nSPS) is 12.3. The molecule has 0 saturated heterocycles. The molecule has 4 nitrogen and oxygen atoms in total. The number of amides is 1. The average Bonchev–Trinajstić information content (AvgIpc) is 3.13. The van der Waals surface area contributed by atoms with Crippen LogP contribution in [0.5, 0.6) is 11.5 Å². The van der Waals surface area contributed by atoms with Gasteiger partial charge >= 0.3 is 0 Å². The average molecular weight is 347 g/mol. The van der Waals surface area contributed by atoms with Gasteiger partial charge in [-0.25, -0.2) is 0 Å². The number of likely N-dealkylation sites (N-methyl/N-ethyl adjacent to an activating group) is 1. The van der Waals surface area contributed by atoms with E-state index in [1.807, 2.05) is 48.2 Å². The zero-order chi connectivity index (χ0) is 17.9. The molecule has 0 atom stereocenters. The van der Waals surface area contributed by atoms with Gasteiger partial charge in [0.1, 0.15) is 0 Å². The van der Waals surface area contributed by atoms with E-state index in [1.54, 1.807) is 0 Å². The van der Waals surface area contributed by atoms with Crippen molar-refractivity contribution in [3.05, 3.63) is 71.8 Å². The molecule has 0 N–H and O–H groups in total. The first-order chi connectivity index (χ1) is 12.7. The van der Waals surface area contributed by atoms with E-state index in [2.05, 4.69) is 24.3 Å². The third kappa shape index (κ3) is 3.36. The summed E-state index contributed by atoms with van der Waals surface area (Å²) in [6, 6.07) is 20.3. The minimum Gasteiger partial charge on any atom is -0.454 e. The van der Waals surface area contributed by atoms with Crippen molar-refractivity contribution in [3.63, 3.8) is 0 Å². The fourth-order valence-electron chi connectivity index (χ4n) is 3.27. The van der Waals surface area contributed by atoms with Crippen molar-refractivity contribution in [1.82, 2.24) is 4.90 Å². The molecule has 0 unspecified atom stereocenters. The summed E-state index contributed by atoms with van der Waals surface area (Å²) < 4.78 is 10.8. The standard InChI is InChI=1S/C22H21NO3/c1-2-23(14-17-8-10-20-21(12-17)26-15-25-20)22(24)13-16-7-9-18-5-3-4-6-19(18)11-16/h3-12H,2,13-15H2,1H3. The fourth-order valence-corrected chi connectivity index (χ4v) is 3.27. The Kier molecular flexibility index (Phi) is 4.48. The molecule has 132 valence electrons. The molecule has 0 radical (unpaired) electrons. The largest absolute Gasteiger partial charge is 0.454 e. The minimum absolute atomic E-state index is 0.125. The van der Waals surface area contributed by atoms with Crippen LogP contribution in [0.2, 0.25) is 0 Å². The number of fused-ring (bicyclic) bond motifs is 2. The summed E-state index contributed by atoms with van der Waals surface area (Å²) >= 11 is 0. The lowest BCUT2D eigenvalue weighted by atomic mass is 10.0. The monoisotopic (exact) mass is 347 g/mol. The van der Waals surface area contributed by atoms with Crippen molar-refractivity contribution in [2.45, 2.75) is 19.9 Å². The maximum atomic E-state index is 12.8. The Balaban J connectivity index is 1.47. The number of carbonyl (C=O) groups is 1. The molecular weight excluding hydrogens is 326 g/mol. The van der Waals surface area contributed by atoms with Gasteiger partial charge in [0.15, 0.2) is 11.5 Å². The Bertz CT molecular complexity index is 951. The molecule has 1 amide bonds. The van der Waals surface area contributed by atoms with Gasteiger partial charge in [0.25, 0.3) is 0 Å². The van der Waals surface area contributed by atoms with Crippen LogP contribution in [0.15, 0.2) is 60.7 Å². The van der Waals surface area contributed by atoms with Crippen LogP contribution >= 0.6 is 0 Å². The highest BCUT2D eigenvalue weighted by molar-refractivity contribution is 5.85. The fraction of sp³-hybridized carbons (Fsp3) is 0.227. The first-order valence-corrected chi connectivity index (χ1v) is 8.87. The third-order valence-corrected chi connectivity index (χ3v) is 4.71. The Hall–Kier alpha value is -3.01. The summed E-state index contributed by atoms with van der Waals surface area (Å²) in [6.45, 7) is 3.50. The van der Waals surface area contributed by atoms with Crippen LogP contribution in [-0.4, -0.2) is 24.1 Å². The van der Waals surface area contributed by atoms with Gasteiger partial charge in [-0.15, -0.1) is 0 Å². The number of hydrogen-bond acceptors (Lipinski definition) is 3. The molecule has 1 aliphatic rings. The van der Waals surface area contributed by atoms with E-state index >= 15 is 0 Å². The van der Waals surface area contributed by atoms with E-state index in [9.17, 15) is 4.79 Å². The summed E-state index contributed by atoms with van der Waals surface area (Å²) in [7, 11) is 0. The zero-order valence-corrected chi connectivity index (χ0v) is 14.8. The van der Waals surface area contributed by atoms with Gasteiger partial charge in [-0.2, -0.15) is 0 Å². The van der Waals surface area contributed by atoms with Gasteiger partial charge in [0.05, 0.1) is 6.42 Å². The SMILES string of the molecule is CCN(Cc1ccc2c(c1)OCO2)C(=O)Cc1ccc2ccccc2c1. The third-order valence-electron chi connectivity index (χ3n) is 4.71. The quantitative estimate of drug-likeness (QED) is 0.696. The second-order valence-electron chi connectivity index (χ2n) is 6.45. The molecule has 3 aromatic carbocycles. The van der Waals surface area contributed by atoms with Crippen molar-refractivity contribution >= 4 is 16.7 Å². The number of hydrogen-bond donors (Lipinski definition) is 0. The van der Waals surface area contributed by atoms with Gasteiger partial charge in [-0.3, -0.25) is 4.79 Å². The summed E-state index contributed by atoms with van der Waals surface area (Å²) in [5.74, 6) is 1.64. The summed E-state index contributed by atoms with van der Waals surface area (Å²) in [6.07, 6.45) is 0.406. The molecular formula is C22H21NO3. The van der Waals surface area contributed by atoms with Gasteiger partial charge in [0, 0.05) is 13.1 Å². The first kappa shape index (κ1) is 16.5. The summed E-state index contributed by atoms with van der Waals surface area (Å²) in [5.41, 5.74) is 2.08. The second-order valence-corrected chi connectivity index (χ2v) is 6.45. The van der Waals surface area contributed by atoms with E-state index in [4.69, 9.17) is 9.47 Å². The predicted octanol–water partition coefficient (Wildman–Crippen LogP) is 4.16. The molecule has 0 bridgehead atoms. The van der Waals surface area contributed by atoms with E-state index in [1.165, 1.54) is 5.39 Å². The van der Waals surface area contributed by atoms with Crippen molar-refractivity contribution < 1.29 is 14.3 Å². The van der Waals surface area contributed by atoms with Crippen molar-refractivity contribution in [1.29, 1.82) is 0 Å². The molecule has 0 spiro atoms. The van der Waals surface area contributed by atoms with Crippen LogP contribution in [0.3, 0.4) is 0 Å². The molecule has 1 aliphatic heterocycles. The Morgan fingerprint density at radius 2 is 1.69 bits per heavy atom. The maximum absolute atomic E-state index is 12.8. The Morgan fingerprint density at radius 3 is 2.54 bits per heavy atom. The topological polar surface area (TPSA) is 38.8 Å². The van der Waals surface area contributed by atoms with Gasteiger partial charge < -0.3 is 14.4 Å². The van der Waals surface area contributed by atoms with Crippen LogP contribution < -0.4 is 9.47 Å². The van der Waals surface area contributed by atoms with Crippen molar-refractivity contribution in [2.24, 2.45) is 0 Å². The van der Waals surface area contributed by atoms with Crippen LogP contribution in [-0.2, 0) is 17.8 Å². The lowest BCUT2D eigenvalue weighted by Gasteiger charge is -2.21. The van der Waals surface area contributed by atoms with Crippen LogP contribution in [0.1, 0.15) is 18.1 Å². The highest BCUT2D eigenvalue weighted by atomic mass is 16.7. The first-order valence-electron chi connectivity index (χ1n) is 8.87. The van der Waals surface area contributed by atoms with E-state index in [0.717, 1.165) is 28.0 Å². The molecule has 0 saturated carbocycles. The summed E-state index contributed by atoms with van der Waals surface area (Å²) in [5, 5.41) is 2.35. The zero-order valence-electron chi connectivity index (χ0n) is 14.8. The highest BCUT2D eigenvalue weighted by Gasteiger charge is 2.17. The highest BCUT2D eigenvalue weighted by Crippen LogP contribution is 2.32. The smallest absolute Gasteiger partial charge is 0.231 e. The number of carbonyl (C=O) groups excluding carboxylic acids is 1. The number of nitrogens with zero attached hydrogens (tertiary/aromatic N) is 1. The molecule has 26 heavy (non-hydrogen) atoms. The molecule has 0 fully saturated rings. The predicted molar refractivity (Wildman–Crippen MR) is 101 cm³/mol.